The van der Waals surface area contributed by atoms with Crippen LogP contribution in [0.3, 0.4) is 0 Å². The molecule has 3 atom stereocenters. The minimum atomic E-state index is -0.0131. The van der Waals surface area contributed by atoms with Crippen molar-refractivity contribution in [2.45, 2.75) is 32.2 Å². The van der Waals surface area contributed by atoms with Gasteiger partial charge in [0.05, 0.1) is 0 Å². The predicted molar refractivity (Wildman–Crippen MR) is 76.8 cm³/mol. The number of aryl methyl sites for hydroxylation is 1. The van der Waals surface area contributed by atoms with Crippen LogP contribution in [0.25, 0.3) is 0 Å². The third-order valence-corrected chi connectivity index (χ3v) is 3.66. The summed E-state index contributed by atoms with van der Waals surface area (Å²) in [5.41, 5.74) is 3.70. The summed E-state index contributed by atoms with van der Waals surface area (Å²) >= 11 is 0. The van der Waals surface area contributed by atoms with E-state index >= 15 is 0 Å². The largest absolute Gasteiger partial charge is 0.350 e. The summed E-state index contributed by atoms with van der Waals surface area (Å²) in [6.07, 6.45) is 0.105. The Kier molecular flexibility index (Phi) is 3.36. The number of benzene rings is 2. The first-order chi connectivity index (χ1) is 9.24. The van der Waals surface area contributed by atoms with Crippen LogP contribution in [-0.4, -0.2) is 6.04 Å². The average molecular weight is 253 g/mol. The fourth-order valence-corrected chi connectivity index (χ4v) is 2.56. The molecule has 98 valence electrons. The van der Waals surface area contributed by atoms with Crippen LogP contribution in [0.2, 0.25) is 0 Å². The highest BCUT2D eigenvalue weighted by atomic mass is 16.5. The zero-order valence-electron chi connectivity index (χ0n) is 11.3. The van der Waals surface area contributed by atoms with Crippen molar-refractivity contribution in [3.63, 3.8) is 0 Å². The summed E-state index contributed by atoms with van der Waals surface area (Å²) in [4.78, 5) is 0. The number of ether oxygens (including phenoxy) is 1. The zero-order valence-corrected chi connectivity index (χ0v) is 11.3. The molecule has 0 aromatic heterocycles. The second-order valence-electron chi connectivity index (χ2n) is 5.21. The van der Waals surface area contributed by atoms with Gasteiger partial charge in [0.15, 0.2) is 0 Å². The van der Waals surface area contributed by atoms with Gasteiger partial charge in [-0.1, -0.05) is 60.2 Å². The SMILES string of the molecule is Cc1ccc([C@@H]2N[C@@H](C)[C@@H](c3ccccc3)O2)cc1. The molecule has 0 amide bonds. The van der Waals surface area contributed by atoms with Gasteiger partial charge >= 0.3 is 0 Å². The lowest BCUT2D eigenvalue weighted by atomic mass is 10.0. The second kappa shape index (κ2) is 5.16. The van der Waals surface area contributed by atoms with Crippen molar-refractivity contribution in [1.82, 2.24) is 5.32 Å². The molecule has 0 bridgehead atoms. The maximum absolute atomic E-state index is 6.17. The lowest BCUT2D eigenvalue weighted by molar-refractivity contribution is 0.0363. The standard InChI is InChI=1S/C17H19NO/c1-12-8-10-15(11-9-12)17-18-13(2)16(19-17)14-6-4-3-5-7-14/h3-11,13,16-18H,1-2H3/t13-,16-,17+/m0/s1. The van der Waals surface area contributed by atoms with E-state index in [2.05, 4.69) is 67.7 Å². The van der Waals surface area contributed by atoms with Crippen molar-refractivity contribution in [2.24, 2.45) is 0 Å². The summed E-state index contributed by atoms with van der Waals surface area (Å²) < 4.78 is 6.17. The molecule has 1 aliphatic rings. The minimum Gasteiger partial charge on any atom is -0.350 e. The van der Waals surface area contributed by atoms with Crippen LogP contribution >= 0.6 is 0 Å². The lowest BCUT2D eigenvalue weighted by Gasteiger charge is -2.14. The molecule has 2 nitrogen and oxygen atoms in total. The molecule has 1 aliphatic heterocycles. The lowest BCUT2D eigenvalue weighted by Crippen LogP contribution is -2.23. The van der Waals surface area contributed by atoms with E-state index in [1.165, 1.54) is 16.7 Å². The fraction of sp³-hybridized carbons (Fsp3) is 0.294. The average Bonchev–Trinajstić information content (AvgIpc) is 2.83. The molecule has 19 heavy (non-hydrogen) atoms. The number of hydrogen-bond donors (Lipinski definition) is 1. The van der Waals surface area contributed by atoms with Crippen molar-refractivity contribution in [3.05, 3.63) is 71.3 Å². The van der Waals surface area contributed by atoms with E-state index < -0.39 is 0 Å². The topological polar surface area (TPSA) is 21.3 Å². The molecule has 1 saturated heterocycles. The molecule has 0 aliphatic carbocycles. The normalized spacial score (nSPS) is 26.5. The molecule has 2 aromatic rings. The maximum Gasteiger partial charge on any atom is 0.135 e. The highest BCUT2D eigenvalue weighted by molar-refractivity contribution is 5.26. The number of rotatable bonds is 2. The first-order valence-corrected chi connectivity index (χ1v) is 6.77. The van der Waals surface area contributed by atoms with Crippen molar-refractivity contribution < 1.29 is 4.74 Å². The van der Waals surface area contributed by atoms with E-state index in [0.717, 1.165) is 0 Å². The van der Waals surface area contributed by atoms with Crippen LogP contribution in [0.15, 0.2) is 54.6 Å². The second-order valence-corrected chi connectivity index (χ2v) is 5.21. The molecule has 1 heterocycles. The molecule has 1 N–H and O–H groups in total. The summed E-state index contributed by atoms with van der Waals surface area (Å²) in [5, 5.41) is 3.52. The first kappa shape index (κ1) is 12.4. The molecular weight excluding hydrogens is 234 g/mol. The van der Waals surface area contributed by atoms with Gasteiger partial charge in [-0.05, 0) is 25.0 Å². The fourth-order valence-electron chi connectivity index (χ4n) is 2.56. The molecule has 2 heteroatoms. The van der Waals surface area contributed by atoms with Crippen LogP contribution < -0.4 is 5.32 Å². The van der Waals surface area contributed by atoms with Gasteiger partial charge in [0.25, 0.3) is 0 Å². The Bertz CT molecular complexity index is 535. The Morgan fingerprint density at radius 3 is 2.26 bits per heavy atom. The van der Waals surface area contributed by atoms with E-state index in [0.29, 0.717) is 6.04 Å². The minimum absolute atomic E-state index is 0.0131. The Morgan fingerprint density at radius 2 is 1.58 bits per heavy atom. The quantitative estimate of drug-likeness (QED) is 0.880. The summed E-state index contributed by atoms with van der Waals surface area (Å²) in [5.74, 6) is 0. The van der Waals surface area contributed by atoms with Gasteiger partial charge in [-0.2, -0.15) is 0 Å². The van der Waals surface area contributed by atoms with Crippen molar-refractivity contribution in [1.29, 1.82) is 0 Å². The number of nitrogens with one attached hydrogen (secondary N) is 1. The van der Waals surface area contributed by atoms with E-state index in [-0.39, 0.29) is 12.3 Å². The third-order valence-electron chi connectivity index (χ3n) is 3.66. The maximum atomic E-state index is 6.17. The summed E-state index contributed by atoms with van der Waals surface area (Å²) in [7, 11) is 0. The van der Waals surface area contributed by atoms with Crippen LogP contribution in [0, 0.1) is 6.92 Å². The van der Waals surface area contributed by atoms with Gasteiger partial charge in [0.2, 0.25) is 0 Å². The van der Waals surface area contributed by atoms with Crippen molar-refractivity contribution in [3.8, 4) is 0 Å². The van der Waals surface area contributed by atoms with Crippen molar-refractivity contribution in [2.75, 3.05) is 0 Å². The van der Waals surface area contributed by atoms with Gasteiger partial charge in [0, 0.05) is 6.04 Å². The molecule has 0 saturated carbocycles. The smallest absolute Gasteiger partial charge is 0.135 e. The zero-order chi connectivity index (χ0) is 13.2. The van der Waals surface area contributed by atoms with Gasteiger partial charge < -0.3 is 4.74 Å². The van der Waals surface area contributed by atoms with E-state index in [9.17, 15) is 0 Å². The predicted octanol–water partition coefficient (Wildman–Crippen LogP) is 3.74. The van der Waals surface area contributed by atoms with E-state index in [1.807, 2.05) is 6.07 Å². The monoisotopic (exact) mass is 253 g/mol. The summed E-state index contributed by atoms with van der Waals surface area (Å²) in [6, 6.07) is 19.2. The van der Waals surface area contributed by atoms with Crippen LogP contribution in [-0.2, 0) is 4.74 Å². The first-order valence-electron chi connectivity index (χ1n) is 6.77. The van der Waals surface area contributed by atoms with Gasteiger partial charge in [-0.25, -0.2) is 0 Å². The highest BCUT2D eigenvalue weighted by Gasteiger charge is 2.33. The molecule has 2 aromatic carbocycles. The summed E-state index contributed by atoms with van der Waals surface area (Å²) in [6.45, 7) is 4.27. The Hall–Kier alpha value is -1.64. The number of hydrogen-bond acceptors (Lipinski definition) is 2. The van der Waals surface area contributed by atoms with Gasteiger partial charge in [0.1, 0.15) is 12.3 Å². The Labute approximate surface area is 114 Å². The van der Waals surface area contributed by atoms with Crippen LogP contribution in [0.5, 0.6) is 0 Å². The molecule has 0 radical (unpaired) electrons. The van der Waals surface area contributed by atoms with Crippen LogP contribution in [0.1, 0.15) is 35.9 Å². The molecular formula is C17H19NO. The molecule has 1 fully saturated rings. The van der Waals surface area contributed by atoms with E-state index in [1.54, 1.807) is 0 Å². The highest BCUT2D eigenvalue weighted by Crippen LogP contribution is 2.34. The molecule has 0 spiro atoms. The Morgan fingerprint density at radius 1 is 0.895 bits per heavy atom. The van der Waals surface area contributed by atoms with Crippen molar-refractivity contribution >= 4 is 0 Å². The van der Waals surface area contributed by atoms with E-state index in [4.69, 9.17) is 4.74 Å². The van der Waals surface area contributed by atoms with Crippen LogP contribution in [0.4, 0.5) is 0 Å². The molecule has 3 rings (SSSR count). The molecule has 0 unspecified atom stereocenters. The van der Waals surface area contributed by atoms with Gasteiger partial charge in [-0.3, -0.25) is 5.32 Å². The van der Waals surface area contributed by atoms with Gasteiger partial charge in [-0.15, -0.1) is 0 Å². The third kappa shape index (κ3) is 2.55. The Balaban J connectivity index is 1.80.